The number of aromatic nitrogens is 1. The van der Waals surface area contributed by atoms with E-state index in [4.69, 9.17) is 9.26 Å². The maximum atomic E-state index is 12.3. The number of benzene rings is 2. The van der Waals surface area contributed by atoms with Gasteiger partial charge in [-0.15, -0.1) is 0 Å². The van der Waals surface area contributed by atoms with E-state index in [0.717, 1.165) is 21.9 Å². The molecule has 1 unspecified atom stereocenters. The number of carbonyl (C=O) groups is 1. The second kappa shape index (κ2) is 8.93. The molecule has 0 spiro atoms. The number of hydrogen-bond donors (Lipinski definition) is 2. The van der Waals surface area contributed by atoms with Gasteiger partial charge in [-0.25, -0.2) is 13.3 Å². The van der Waals surface area contributed by atoms with Crippen LogP contribution in [0.25, 0.3) is 11.0 Å². The van der Waals surface area contributed by atoms with Gasteiger partial charge < -0.3 is 19.3 Å². The molecular weight excluding hydrogens is 398 g/mol. The van der Waals surface area contributed by atoms with Gasteiger partial charge in [-0.1, -0.05) is 24.2 Å². The molecule has 1 atom stereocenters. The van der Waals surface area contributed by atoms with E-state index in [1.165, 1.54) is 14.2 Å². The summed E-state index contributed by atoms with van der Waals surface area (Å²) in [5, 5.41) is 7.11. The summed E-state index contributed by atoms with van der Waals surface area (Å²) < 4.78 is 38.8. The molecule has 1 aromatic heterocycles. The summed E-state index contributed by atoms with van der Waals surface area (Å²) in [4.78, 5) is 11.3. The highest BCUT2D eigenvalue weighted by Gasteiger charge is 2.25. The zero-order valence-electron chi connectivity index (χ0n) is 16.2. The first-order chi connectivity index (χ1) is 14.0. The Kier molecular flexibility index (Phi) is 6.35. The topological polar surface area (TPSA) is 114 Å². The van der Waals surface area contributed by atoms with Crippen LogP contribution in [0.1, 0.15) is 18.1 Å². The van der Waals surface area contributed by atoms with Gasteiger partial charge in [-0.05, 0) is 41.8 Å². The average molecular weight is 419 g/mol. The maximum Gasteiger partial charge on any atom is 0.407 e. The van der Waals surface area contributed by atoms with Crippen LogP contribution < -0.4 is 14.4 Å². The minimum absolute atomic E-state index is 0.160. The third-order valence-electron chi connectivity index (χ3n) is 4.36. The number of amides is 1. The normalized spacial score (nSPS) is 11.9. The van der Waals surface area contributed by atoms with Crippen molar-refractivity contribution < 1.29 is 27.6 Å². The van der Waals surface area contributed by atoms with Gasteiger partial charge in [0.05, 0.1) is 19.6 Å². The average Bonchev–Trinajstić information content (AvgIpc) is 3.14. The lowest BCUT2D eigenvalue weighted by Gasteiger charge is -2.20. The lowest BCUT2D eigenvalue weighted by Crippen LogP contribution is -2.22. The molecule has 1 heterocycles. The predicted octanol–water partition coefficient (Wildman–Crippen LogP) is 3.53. The fraction of sp³-hybridized carbons (Fsp3) is 0.263. The number of hydrogen-bond acceptors (Lipinski definition) is 6. The van der Waals surface area contributed by atoms with Crippen LogP contribution in [0.4, 0.5) is 16.3 Å². The summed E-state index contributed by atoms with van der Waals surface area (Å²) in [7, 11) is 2.77. The molecule has 3 aromatic rings. The van der Waals surface area contributed by atoms with Crippen LogP contribution in [0.3, 0.4) is 0 Å². The van der Waals surface area contributed by atoms with Crippen LogP contribution in [0.15, 0.2) is 40.9 Å². The molecule has 0 aliphatic heterocycles. The summed E-state index contributed by atoms with van der Waals surface area (Å²) in [5.74, 6) is 0.580. The summed E-state index contributed by atoms with van der Waals surface area (Å²) in [5.41, 5.74) is 2.53. The van der Waals surface area contributed by atoms with Gasteiger partial charge in [-0.2, -0.15) is 0 Å². The van der Waals surface area contributed by atoms with Gasteiger partial charge in [0.25, 0.3) is 11.3 Å². The highest BCUT2D eigenvalue weighted by atomic mass is 32.2. The number of rotatable bonds is 7. The summed E-state index contributed by atoms with van der Waals surface area (Å²) in [6.07, 6.45) is 0.182. The zero-order chi connectivity index (χ0) is 21.0. The Balaban J connectivity index is 2.08. The first kappa shape index (κ1) is 20.6. The van der Waals surface area contributed by atoms with Crippen molar-refractivity contribution in [1.82, 2.24) is 10.5 Å². The van der Waals surface area contributed by atoms with Gasteiger partial charge in [0.1, 0.15) is 11.4 Å². The van der Waals surface area contributed by atoms with Crippen molar-refractivity contribution >= 4 is 39.8 Å². The molecule has 154 valence electrons. The number of nitrogens with one attached hydrogen (secondary N) is 1. The van der Waals surface area contributed by atoms with Crippen molar-refractivity contribution in [3.8, 4) is 5.75 Å². The molecule has 0 aliphatic rings. The van der Waals surface area contributed by atoms with Crippen LogP contribution in [-0.4, -0.2) is 34.2 Å². The van der Waals surface area contributed by atoms with E-state index in [1.54, 1.807) is 30.3 Å². The molecule has 0 bridgehead atoms. The Morgan fingerprint density at radius 2 is 2.00 bits per heavy atom. The second-order valence-corrected chi connectivity index (χ2v) is 6.89. The molecule has 0 aliphatic carbocycles. The van der Waals surface area contributed by atoms with Crippen LogP contribution in [0, 0.1) is 0 Å². The molecule has 2 aromatic carbocycles. The third-order valence-corrected chi connectivity index (χ3v) is 5.04. The van der Waals surface area contributed by atoms with Crippen molar-refractivity contribution in [1.29, 1.82) is 0 Å². The minimum Gasteiger partial charge on any atom is -0.495 e. The van der Waals surface area contributed by atoms with Gasteiger partial charge in [0.15, 0.2) is 11.4 Å². The van der Waals surface area contributed by atoms with E-state index in [9.17, 15) is 13.6 Å². The van der Waals surface area contributed by atoms with E-state index < -0.39 is 17.4 Å². The first-order valence-corrected chi connectivity index (χ1v) is 9.83. The van der Waals surface area contributed by atoms with E-state index in [0.29, 0.717) is 22.4 Å². The smallest absolute Gasteiger partial charge is 0.407 e. The second-order valence-electron chi connectivity index (χ2n) is 6.07. The van der Waals surface area contributed by atoms with Gasteiger partial charge in [0.2, 0.25) is 0 Å². The van der Waals surface area contributed by atoms with E-state index in [2.05, 4.69) is 15.2 Å². The van der Waals surface area contributed by atoms with E-state index >= 15 is 0 Å². The number of aryl methyl sites for hydroxylation is 1. The number of alkyl carbamates (subject to hydrolysis) is 1. The molecule has 0 fully saturated rings. The van der Waals surface area contributed by atoms with Crippen LogP contribution in [0.2, 0.25) is 0 Å². The number of anilines is 2. The van der Waals surface area contributed by atoms with Crippen molar-refractivity contribution in [3.63, 3.8) is 0 Å². The SMILES string of the molecule is CCc1ccc(OC)c(N(c2noc3ccc(CNC(=O)OC)cc23)S(=O)O)c1. The van der Waals surface area contributed by atoms with Gasteiger partial charge >= 0.3 is 6.09 Å². The first-order valence-electron chi connectivity index (χ1n) is 8.76. The van der Waals surface area contributed by atoms with Crippen molar-refractivity contribution in [2.24, 2.45) is 0 Å². The molecule has 2 N–H and O–H groups in total. The number of ether oxygens (including phenoxy) is 2. The molecule has 0 saturated heterocycles. The predicted molar refractivity (Wildman–Crippen MR) is 109 cm³/mol. The van der Waals surface area contributed by atoms with Gasteiger partial charge in [-0.3, -0.25) is 4.55 Å². The fourth-order valence-corrected chi connectivity index (χ4v) is 3.45. The molecule has 0 saturated carbocycles. The number of carbonyl (C=O) groups excluding carboxylic acids is 1. The van der Waals surface area contributed by atoms with Crippen LogP contribution >= 0.6 is 0 Å². The molecule has 9 nitrogen and oxygen atoms in total. The molecular formula is C19H21N3O6S. The Labute approximate surface area is 170 Å². The Morgan fingerprint density at radius 1 is 1.24 bits per heavy atom. The Morgan fingerprint density at radius 3 is 2.66 bits per heavy atom. The van der Waals surface area contributed by atoms with Gasteiger partial charge in [0, 0.05) is 6.54 Å². The summed E-state index contributed by atoms with van der Waals surface area (Å²) >= 11 is -2.44. The summed E-state index contributed by atoms with van der Waals surface area (Å²) in [6.45, 7) is 2.20. The maximum absolute atomic E-state index is 12.3. The van der Waals surface area contributed by atoms with E-state index in [-0.39, 0.29) is 12.4 Å². The fourth-order valence-electron chi connectivity index (χ4n) is 2.86. The molecule has 1 amide bonds. The number of fused-ring (bicyclic) bond motifs is 1. The third kappa shape index (κ3) is 4.33. The quantitative estimate of drug-likeness (QED) is 0.563. The number of methoxy groups -OCH3 is 2. The van der Waals surface area contributed by atoms with E-state index in [1.807, 2.05) is 13.0 Å². The highest BCUT2D eigenvalue weighted by molar-refractivity contribution is 7.81. The molecule has 10 heteroatoms. The summed E-state index contributed by atoms with van der Waals surface area (Å²) in [6, 6.07) is 10.6. The van der Waals surface area contributed by atoms with Crippen LogP contribution in [-0.2, 0) is 29.0 Å². The van der Waals surface area contributed by atoms with Crippen molar-refractivity contribution in [2.45, 2.75) is 19.9 Å². The molecule has 3 rings (SSSR count). The zero-order valence-corrected chi connectivity index (χ0v) is 17.0. The minimum atomic E-state index is -2.44. The standard InChI is InChI=1S/C19H21N3O6S/c1-4-12-5-8-17(26-2)15(10-12)22(29(24)25)18-14-9-13(11-20-19(23)27-3)6-7-16(14)28-21-18/h5-10H,4,11H2,1-3H3,(H,20,23)(H,24,25). The Hall–Kier alpha value is -3.11. The van der Waals surface area contributed by atoms with Crippen molar-refractivity contribution in [2.75, 3.05) is 18.5 Å². The largest absolute Gasteiger partial charge is 0.495 e. The van der Waals surface area contributed by atoms with Crippen LogP contribution in [0.5, 0.6) is 5.75 Å². The lowest BCUT2D eigenvalue weighted by molar-refractivity contribution is 0.170. The Bertz CT molecular complexity index is 1050. The molecule has 0 radical (unpaired) electrons. The monoisotopic (exact) mass is 419 g/mol. The lowest BCUT2D eigenvalue weighted by atomic mass is 10.1. The number of nitrogens with zero attached hydrogens (tertiary/aromatic N) is 2. The van der Waals surface area contributed by atoms with Crippen molar-refractivity contribution in [3.05, 3.63) is 47.5 Å². The molecule has 29 heavy (non-hydrogen) atoms. The highest BCUT2D eigenvalue weighted by Crippen LogP contribution is 2.38.